The van der Waals surface area contributed by atoms with Crippen molar-refractivity contribution in [3.05, 3.63) is 101 Å². The SMILES string of the molecule is Cc1cccc(N2CCN(C(=O)c3ccc([C@H]4SCC(=O)N4Cc4ccccc4)cc3)CC2)c1C. The number of amides is 2. The van der Waals surface area contributed by atoms with E-state index in [0.717, 1.165) is 24.2 Å². The molecular formula is C29H31N3O2S. The highest BCUT2D eigenvalue weighted by Crippen LogP contribution is 2.39. The van der Waals surface area contributed by atoms with Crippen molar-refractivity contribution in [3.63, 3.8) is 0 Å². The fraction of sp³-hybridized carbons (Fsp3) is 0.310. The van der Waals surface area contributed by atoms with Crippen LogP contribution in [0.3, 0.4) is 0 Å². The molecule has 2 amide bonds. The van der Waals surface area contributed by atoms with E-state index in [-0.39, 0.29) is 17.2 Å². The van der Waals surface area contributed by atoms with E-state index in [1.807, 2.05) is 52.3 Å². The van der Waals surface area contributed by atoms with Gasteiger partial charge in [-0.05, 0) is 54.3 Å². The van der Waals surface area contributed by atoms with Gasteiger partial charge in [0.15, 0.2) is 0 Å². The van der Waals surface area contributed by atoms with Crippen LogP contribution in [0.1, 0.15) is 38.0 Å². The summed E-state index contributed by atoms with van der Waals surface area (Å²) < 4.78 is 0. The summed E-state index contributed by atoms with van der Waals surface area (Å²) in [4.78, 5) is 32.0. The molecule has 0 aromatic heterocycles. The molecule has 0 bridgehead atoms. The second-order valence-corrected chi connectivity index (χ2v) is 10.4. The Kier molecular flexibility index (Phi) is 6.82. The van der Waals surface area contributed by atoms with Crippen molar-refractivity contribution in [2.45, 2.75) is 25.8 Å². The molecule has 0 unspecified atom stereocenters. The molecule has 1 atom stereocenters. The van der Waals surface area contributed by atoms with Crippen LogP contribution in [-0.2, 0) is 11.3 Å². The first-order chi connectivity index (χ1) is 17.0. The maximum absolute atomic E-state index is 13.2. The Labute approximate surface area is 211 Å². The summed E-state index contributed by atoms with van der Waals surface area (Å²) in [5.74, 6) is 0.724. The first-order valence-electron chi connectivity index (χ1n) is 12.2. The number of rotatable bonds is 5. The van der Waals surface area contributed by atoms with Crippen molar-refractivity contribution in [1.82, 2.24) is 9.80 Å². The molecule has 2 aliphatic rings. The van der Waals surface area contributed by atoms with Crippen LogP contribution in [0.15, 0.2) is 72.8 Å². The predicted molar refractivity (Wildman–Crippen MR) is 143 cm³/mol. The molecule has 0 saturated carbocycles. The average molecular weight is 486 g/mol. The number of piperazine rings is 1. The largest absolute Gasteiger partial charge is 0.368 e. The third kappa shape index (κ3) is 4.94. The van der Waals surface area contributed by atoms with Crippen LogP contribution >= 0.6 is 11.8 Å². The summed E-state index contributed by atoms with van der Waals surface area (Å²) in [6.45, 7) is 8.01. The summed E-state index contributed by atoms with van der Waals surface area (Å²) in [6.07, 6.45) is 0. The Bertz CT molecular complexity index is 1200. The molecule has 0 N–H and O–H groups in total. The summed E-state index contributed by atoms with van der Waals surface area (Å²) in [5.41, 5.74) is 6.77. The number of carbonyl (C=O) groups is 2. The van der Waals surface area contributed by atoms with Crippen LogP contribution in [0.4, 0.5) is 5.69 Å². The highest BCUT2D eigenvalue weighted by Gasteiger charge is 2.33. The maximum atomic E-state index is 13.2. The lowest BCUT2D eigenvalue weighted by atomic mass is 10.1. The first-order valence-corrected chi connectivity index (χ1v) is 13.2. The third-order valence-electron chi connectivity index (χ3n) is 7.09. The summed E-state index contributed by atoms with van der Waals surface area (Å²) in [6, 6.07) is 24.4. The zero-order chi connectivity index (χ0) is 24.4. The van der Waals surface area contributed by atoms with E-state index in [0.29, 0.717) is 31.0 Å². The molecule has 2 aliphatic heterocycles. The normalized spacial score (nSPS) is 18.3. The molecule has 2 saturated heterocycles. The topological polar surface area (TPSA) is 43.9 Å². The number of thioether (sulfide) groups is 1. The van der Waals surface area contributed by atoms with Gasteiger partial charge in [0.1, 0.15) is 5.37 Å². The van der Waals surface area contributed by atoms with Crippen molar-refractivity contribution in [2.24, 2.45) is 0 Å². The third-order valence-corrected chi connectivity index (χ3v) is 8.35. The number of hydrogen-bond acceptors (Lipinski definition) is 4. The molecular weight excluding hydrogens is 454 g/mol. The number of hydrogen-bond donors (Lipinski definition) is 0. The second kappa shape index (κ2) is 10.2. The molecule has 35 heavy (non-hydrogen) atoms. The molecule has 5 rings (SSSR count). The van der Waals surface area contributed by atoms with Crippen molar-refractivity contribution in [1.29, 1.82) is 0 Å². The van der Waals surface area contributed by atoms with E-state index in [1.54, 1.807) is 11.8 Å². The zero-order valence-electron chi connectivity index (χ0n) is 20.3. The number of nitrogens with zero attached hydrogens (tertiary/aromatic N) is 3. The van der Waals surface area contributed by atoms with E-state index >= 15 is 0 Å². The number of aryl methyl sites for hydroxylation is 1. The van der Waals surface area contributed by atoms with Gasteiger partial charge in [-0.1, -0.05) is 54.6 Å². The van der Waals surface area contributed by atoms with Crippen molar-refractivity contribution < 1.29 is 9.59 Å². The average Bonchev–Trinajstić information content (AvgIpc) is 3.26. The van der Waals surface area contributed by atoms with E-state index < -0.39 is 0 Å². The van der Waals surface area contributed by atoms with E-state index in [1.165, 1.54) is 16.8 Å². The van der Waals surface area contributed by atoms with Gasteiger partial charge in [-0.25, -0.2) is 0 Å². The van der Waals surface area contributed by atoms with Crippen LogP contribution in [0, 0.1) is 13.8 Å². The maximum Gasteiger partial charge on any atom is 0.253 e. The standard InChI is InChI=1S/C29H31N3O2S/c1-21-7-6-10-26(22(21)2)30-15-17-31(18-16-30)28(34)24-11-13-25(14-12-24)29-32(27(33)20-35-29)19-23-8-4-3-5-9-23/h3-14,29H,15-20H2,1-2H3/t29-/m1/s1. The number of anilines is 1. The van der Waals surface area contributed by atoms with Gasteiger partial charge in [0.05, 0.1) is 5.75 Å². The molecule has 3 aromatic rings. The molecule has 2 fully saturated rings. The zero-order valence-corrected chi connectivity index (χ0v) is 21.1. The Balaban J connectivity index is 1.23. The molecule has 3 aromatic carbocycles. The molecule has 2 heterocycles. The molecule has 0 aliphatic carbocycles. The minimum absolute atomic E-state index is 0.0204. The van der Waals surface area contributed by atoms with Gasteiger partial charge in [-0.2, -0.15) is 0 Å². The van der Waals surface area contributed by atoms with Crippen LogP contribution in [0.25, 0.3) is 0 Å². The Morgan fingerprint density at radius 2 is 1.60 bits per heavy atom. The van der Waals surface area contributed by atoms with Crippen LogP contribution < -0.4 is 4.90 Å². The van der Waals surface area contributed by atoms with Gasteiger partial charge in [0.25, 0.3) is 5.91 Å². The number of benzene rings is 3. The van der Waals surface area contributed by atoms with E-state index in [2.05, 4.69) is 49.1 Å². The lowest BCUT2D eigenvalue weighted by molar-refractivity contribution is -0.128. The van der Waals surface area contributed by atoms with Gasteiger partial charge < -0.3 is 14.7 Å². The quantitative estimate of drug-likeness (QED) is 0.508. The lowest BCUT2D eigenvalue weighted by Gasteiger charge is -2.37. The first kappa shape index (κ1) is 23.5. The molecule has 180 valence electrons. The monoisotopic (exact) mass is 485 g/mol. The second-order valence-electron chi connectivity index (χ2n) is 9.29. The Morgan fingerprint density at radius 3 is 2.31 bits per heavy atom. The van der Waals surface area contributed by atoms with Crippen molar-refractivity contribution >= 4 is 29.3 Å². The van der Waals surface area contributed by atoms with E-state index in [9.17, 15) is 9.59 Å². The summed E-state index contributed by atoms with van der Waals surface area (Å²) in [7, 11) is 0. The molecule has 0 radical (unpaired) electrons. The van der Waals surface area contributed by atoms with Crippen LogP contribution in [0.5, 0.6) is 0 Å². The summed E-state index contributed by atoms with van der Waals surface area (Å²) in [5, 5.41) is -0.0204. The van der Waals surface area contributed by atoms with Crippen LogP contribution in [0.2, 0.25) is 0 Å². The highest BCUT2D eigenvalue weighted by atomic mass is 32.2. The smallest absolute Gasteiger partial charge is 0.253 e. The van der Waals surface area contributed by atoms with Crippen molar-refractivity contribution in [3.8, 4) is 0 Å². The Morgan fingerprint density at radius 1 is 0.886 bits per heavy atom. The van der Waals surface area contributed by atoms with Gasteiger partial charge in [0, 0.05) is 44.0 Å². The van der Waals surface area contributed by atoms with Crippen LogP contribution in [-0.4, -0.2) is 53.5 Å². The van der Waals surface area contributed by atoms with Gasteiger partial charge in [0.2, 0.25) is 5.91 Å². The van der Waals surface area contributed by atoms with Gasteiger partial charge in [-0.15, -0.1) is 11.8 Å². The Hall–Kier alpha value is -3.25. The minimum atomic E-state index is -0.0204. The predicted octanol–water partition coefficient (Wildman–Crippen LogP) is 5.04. The van der Waals surface area contributed by atoms with Crippen molar-refractivity contribution in [2.75, 3.05) is 36.8 Å². The fourth-order valence-electron chi connectivity index (χ4n) is 4.88. The summed E-state index contributed by atoms with van der Waals surface area (Å²) >= 11 is 1.65. The van der Waals surface area contributed by atoms with Gasteiger partial charge >= 0.3 is 0 Å². The highest BCUT2D eigenvalue weighted by molar-refractivity contribution is 8.00. The molecule has 5 nitrogen and oxygen atoms in total. The van der Waals surface area contributed by atoms with E-state index in [4.69, 9.17) is 0 Å². The lowest BCUT2D eigenvalue weighted by Crippen LogP contribution is -2.49. The molecule has 6 heteroatoms. The number of carbonyl (C=O) groups excluding carboxylic acids is 2. The minimum Gasteiger partial charge on any atom is -0.368 e. The molecule has 0 spiro atoms. The fourth-order valence-corrected chi connectivity index (χ4v) is 6.07. The van der Waals surface area contributed by atoms with Gasteiger partial charge in [-0.3, -0.25) is 9.59 Å².